The third-order valence-corrected chi connectivity index (χ3v) is 4.89. The average molecular weight is 286 g/mol. The van der Waals surface area contributed by atoms with E-state index in [1.165, 1.54) is 38.8 Å². The molecule has 0 radical (unpaired) electrons. The molecule has 1 aliphatic heterocycles. The Morgan fingerprint density at radius 3 is 2.67 bits per heavy atom. The van der Waals surface area contributed by atoms with Crippen molar-refractivity contribution in [3.05, 3.63) is 35.4 Å². The fourth-order valence-electron chi connectivity index (χ4n) is 3.43. The first-order valence-electron chi connectivity index (χ1n) is 8.21. The van der Waals surface area contributed by atoms with E-state index >= 15 is 0 Å². The summed E-state index contributed by atoms with van der Waals surface area (Å²) in [6.07, 6.45) is 5.19. The lowest BCUT2D eigenvalue weighted by molar-refractivity contribution is 0.0672. The van der Waals surface area contributed by atoms with Crippen molar-refractivity contribution in [2.75, 3.05) is 26.7 Å². The van der Waals surface area contributed by atoms with Crippen LogP contribution < -0.4 is 0 Å². The maximum Gasteiger partial charge on any atom is 0.253 e. The number of carbonyl (C=O) groups is 1. The van der Waals surface area contributed by atoms with Crippen LogP contribution in [0, 0.1) is 12.8 Å². The Morgan fingerprint density at radius 2 is 2.05 bits per heavy atom. The molecule has 0 spiro atoms. The molecule has 2 aliphatic rings. The molecule has 0 bridgehead atoms. The van der Waals surface area contributed by atoms with E-state index in [9.17, 15) is 4.79 Å². The quantitative estimate of drug-likeness (QED) is 0.831. The number of nitrogens with zero attached hydrogens (tertiary/aromatic N) is 2. The zero-order chi connectivity index (χ0) is 14.8. The second-order valence-electron chi connectivity index (χ2n) is 6.70. The van der Waals surface area contributed by atoms with Crippen LogP contribution in [0.15, 0.2) is 24.3 Å². The van der Waals surface area contributed by atoms with Gasteiger partial charge in [0.2, 0.25) is 0 Å². The molecule has 1 saturated carbocycles. The number of amides is 1. The summed E-state index contributed by atoms with van der Waals surface area (Å²) >= 11 is 0. The largest absolute Gasteiger partial charge is 0.337 e. The molecule has 1 saturated heterocycles. The highest BCUT2D eigenvalue weighted by Gasteiger charge is 2.37. The number of aryl methyl sites for hydroxylation is 1. The number of hydrogen-bond donors (Lipinski definition) is 0. The third kappa shape index (κ3) is 3.46. The van der Waals surface area contributed by atoms with Gasteiger partial charge in [-0.1, -0.05) is 17.7 Å². The van der Waals surface area contributed by atoms with Crippen LogP contribution in [0.4, 0.5) is 0 Å². The first-order chi connectivity index (χ1) is 10.1. The molecule has 1 heterocycles. The van der Waals surface area contributed by atoms with Crippen molar-refractivity contribution in [1.29, 1.82) is 0 Å². The molecule has 1 aromatic rings. The minimum Gasteiger partial charge on any atom is -0.337 e. The Morgan fingerprint density at radius 1 is 1.33 bits per heavy atom. The van der Waals surface area contributed by atoms with Crippen molar-refractivity contribution in [3.63, 3.8) is 0 Å². The van der Waals surface area contributed by atoms with Crippen LogP contribution in [0.2, 0.25) is 0 Å². The standard InChI is InChI=1S/C18H26N2O/c1-14-6-5-7-16(12-14)18(21)19(2)17(15-8-9-15)13-20-10-3-4-11-20/h5-7,12,15,17H,3-4,8-11,13H2,1-2H3. The second kappa shape index (κ2) is 6.18. The van der Waals surface area contributed by atoms with Crippen LogP contribution in [0.5, 0.6) is 0 Å². The molecule has 0 N–H and O–H groups in total. The summed E-state index contributed by atoms with van der Waals surface area (Å²) in [5, 5.41) is 0. The van der Waals surface area contributed by atoms with E-state index in [1.807, 2.05) is 43.1 Å². The monoisotopic (exact) mass is 286 g/mol. The Kier molecular flexibility index (Phi) is 4.29. The summed E-state index contributed by atoms with van der Waals surface area (Å²) in [5.74, 6) is 0.888. The zero-order valence-corrected chi connectivity index (χ0v) is 13.2. The molecule has 21 heavy (non-hydrogen) atoms. The summed E-state index contributed by atoms with van der Waals surface area (Å²) in [5.41, 5.74) is 1.97. The number of likely N-dealkylation sites (tertiary alicyclic amines) is 1. The van der Waals surface area contributed by atoms with Crippen molar-refractivity contribution in [1.82, 2.24) is 9.80 Å². The summed E-state index contributed by atoms with van der Waals surface area (Å²) in [4.78, 5) is 17.3. The van der Waals surface area contributed by atoms with Crippen molar-refractivity contribution in [2.45, 2.75) is 38.6 Å². The fraction of sp³-hybridized carbons (Fsp3) is 0.611. The number of carbonyl (C=O) groups excluding carboxylic acids is 1. The van der Waals surface area contributed by atoms with Gasteiger partial charge in [-0.3, -0.25) is 4.79 Å². The topological polar surface area (TPSA) is 23.6 Å². The number of likely N-dealkylation sites (N-methyl/N-ethyl adjacent to an activating group) is 1. The van der Waals surface area contributed by atoms with E-state index in [2.05, 4.69) is 4.90 Å². The SMILES string of the molecule is Cc1cccc(C(=O)N(C)C(CN2CCCC2)C2CC2)c1. The predicted molar refractivity (Wildman–Crippen MR) is 85.5 cm³/mol. The molecule has 0 aromatic heterocycles. The maximum atomic E-state index is 12.8. The highest BCUT2D eigenvalue weighted by atomic mass is 16.2. The third-order valence-electron chi connectivity index (χ3n) is 4.89. The average Bonchev–Trinajstić information content (AvgIpc) is 3.20. The molecule has 3 heteroatoms. The van der Waals surface area contributed by atoms with E-state index in [4.69, 9.17) is 0 Å². The summed E-state index contributed by atoms with van der Waals surface area (Å²) in [6.45, 7) is 5.50. The summed E-state index contributed by atoms with van der Waals surface area (Å²) in [7, 11) is 1.99. The van der Waals surface area contributed by atoms with Crippen molar-refractivity contribution in [2.24, 2.45) is 5.92 Å². The molecule has 1 amide bonds. The van der Waals surface area contributed by atoms with Gasteiger partial charge in [0, 0.05) is 25.2 Å². The van der Waals surface area contributed by atoms with Gasteiger partial charge in [0.25, 0.3) is 5.91 Å². The van der Waals surface area contributed by atoms with Gasteiger partial charge < -0.3 is 9.80 Å². The number of rotatable bonds is 5. The van der Waals surface area contributed by atoms with E-state index in [0.29, 0.717) is 12.0 Å². The fourth-order valence-corrected chi connectivity index (χ4v) is 3.43. The smallest absolute Gasteiger partial charge is 0.253 e. The second-order valence-corrected chi connectivity index (χ2v) is 6.70. The van der Waals surface area contributed by atoms with Crippen LogP contribution in [-0.2, 0) is 0 Å². The minimum atomic E-state index is 0.176. The zero-order valence-electron chi connectivity index (χ0n) is 13.2. The molecule has 2 fully saturated rings. The lowest BCUT2D eigenvalue weighted by atomic mass is 10.1. The lowest BCUT2D eigenvalue weighted by Gasteiger charge is -2.32. The minimum absolute atomic E-state index is 0.176. The van der Waals surface area contributed by atoms with Crippen molar-refractivity contribution < 1.29 is 4.79 Å². The van der Waals surface area contributed by atoms with Gasteiger partial charge in [0.15, 0.2) is 0 Å². The molecule has 1 unspecified atom stereocenters. The molecule has 1 aromatic carbocycles. The van der Waals surface area contributed by atoms with Gasteiger partial charge in [0.05, 0.1) is 0 Å². The first-order valence-corrected chi connectivity index (χ1v) is 8.21. The van der Waals surface area contributed by atoms with Gasteiger partial charge in [-0.25, -0.2) is 0 Å². The van der Waals surface area contributed by atoms with Crippen LogP contribution >= 0.6 is 0 Å². The molecule has 114 valence electrons. The van der Waals surface area contributed by atoms with E-state index < -0.39 is 0 Å². The Labute approximate surface area is 127 Å². The molecule has 3 nitrogen and oxygen atoms in total. The molecule has 1 atom stereocenters. The number of hydrogen-bond acceptors (Lipinski definition) is 2. The van der Waals surface area contributed by atoms with Crippen molar-refractivity contribution >= 4 is 5.91 Å². The highest BCUT2D eigenvalue weighted by molar-refractivity contribution is 5.94. The molecular weight excluding hydrogens is 260 g/mol. The van der Waals surface area contributed by atoms with E-state index in [1.54, 1.807) is 0 Å². The van der Waals surface area contributed by atoms with Crippen LogP contribution in [0.1, 0.15) is 41.6 Å². The lowest BCUT2D eigenvalue weighted by Crippen LogP contribution is -2.45. The van der Waals surface area contributed by atoms with Gasteiger partial charge in [-0.2, -0.15) is 0 Å². The molecule has 1 aliphatic carbocycles. The first kappa shape index (κ1) is 14.6. The predicted octanol–water partition coefficient (Wildman–Crippen LogP) is 2.94. The summed E-state index contributed by atoms with van der Waals surface area (Å²) in [6, 6.07) is 8.34. The Hall–Kier alpha value is -1.35. The maximum absolute atomic E-state index is 12.8. The normalized spacial score (nSPS) is 20.5. The van der Waals surface area contributed by atoms with Crippen LogP contribution in [-0.4, -0.2) is 48.4 Å². The van der Waals surface area contributed by atoms with Crippen molar-refractivity contribution in [3.8, 4) is 0 Å². The molecule has 3 rings (SSSR count). The van der Waals surface area contributed by atoms with Crippen LogP contribution in [0.25, 0.3) is 0 Å². The van der Waals surface area contributed by atoms with Gasteiger partial charge in [-0.05, 0) is 63.7 Å². The Balaban J connectivity index is 1.70. The van der Waals surface area contributed by atoms with E-state index in [-0.39, 0.29) is 5.91 Å². The van der Waals surface area contributed by atoms with Gasteiger partial charge >= 0.3 is 0 Å². The van der Waals surface area contributed by atoms with Crippen LogP contribution in [0.3, 0.4) is 0 Å². The van der Waals surface area contributed by atoms with Gasteiger partial charge in [0.1, 0.15) is 0 Å². The molecular formula is C18H26N2O. The van der Waals surface area contributed by atoms with E-state index in [0.717, 1.165) is 17.7 Å². The Bertz CT molecular complexity index is 504. The summed E-state index contributed by atoms with van der Waals surface area (Å²) < 4.78 is 0. The highest BCUT2D eigenvalue weighted by Crippen LogP contribution is 2.36. The van der Waals surface area contributed by atoms with Gasteiger partial charge in [-0.15, -0.1) is 0 Å². The number of benzene rings is 1.